The van der Waals surface area contributed by atoms with Gasteiger partial charge >= 0.3 is 5.97 Å². The molecule has 4 nitrogen and oxygen atoms in total. The summed E-state index contributed by atoms with van der Waals surface area (Å²) in [5.74, 6) is 4.08. The number of ether oxygens (including phenoxy) is 1. The van der Waals surface area contributed by atoms with E-state index in [-0.39, 0.29) is 17.5 Å². The van der Waals surface area contributed by atoms with Crippen molar-refractivity contribution >= 4 is 5.97 Å². The molecule has 0 aromatic rings. The summed E-state index contributed by atoms with van der Waals surface area (Å²) in [6, 6.07) is 0. The molecule has 10 unspecified atom stereocenters. The Morgan fingerprint density at radius 3 is 2.21 bits per heavy atom. The highest BCUT2D eigenvalue weighted by atomic mass is 16.5. The highest BCUT2D eigenvalue weighted by Crippen LogP contribution is 2.71. The number of methoxy groups -OCH3 is 1. The average Bonchev–Trinajstić information content (AvgIpc) is 3.27. The Labute approximate surface area is 202 Å². The second kappa shape index (κ2) is 9.45. The van der Waals surface area contributed by atoms with Crippen LogP contribution < -0.4 is 0 Å². The Morgan fingerprint density at radius 2 is 1.55 bits per heavy atom. The predicted octanol–water partition coefficient (Wildman–Crippen LogP) is 5.98. The molecule has 5 saturated carbocycles. The number of carbonyl (C=O) groups is 1. The van der Waals surface area contributed by atoms with Crippen LogP contribution in [-0.4, -0.2) is 36.0 Å². The van der Waals surface area contributed by atoms with Crippen LogP contribution in [0.5, 0.6) is 0 Å². The maximum atomic E-state index is 12.9. The van der Waals surface area contributed by atoms with E-state index in [9.17, 15) is 9.90 Å². The van der Waals surface area contributed by atoms with Crippen molar-refractivity contribution in [3.05, 3.63) is 0 Å². The number of fused-ring (bicyclic) bond motifs is 7. The molecule has 0 bridgehead atoms. The molecule has 0 aromatic heterocycles. The monoisotopic (exact) mass is 462 g/mol. The van der Waals surface area contributed by atoms with Gasteiger partial charge in [-0.15, -0.1) is 0 Å². The zero-order chi connectivity index (χ0) is 24.0. The second-order valence-corrected chi connectivity index (χ2v) is 12.9. The van der Waals surface area contributed by atoms with Gasteiger partial charge in [0.05, 0.1) is 18.6 Å². The van der Waals surface area contributed by atoms with Crippen molar-refractivity contribution in [3.63, 3.8) is 0 Å². The van der Waals surface area contributed by atoms with Gasteiger partial charge in [-0.3, -0.25) is 4.79 Å². The third-order valence-corrected chi connectivity index (χ3v) is 11.9. The molecule has 2 N–H and O–H groups in total. The standard InChI is InChI=1S/C26H42O3.C3H8O/c1-16-18-9-13-25(3)19-10-15-26(23(28)29-4)12-5-6-20(26)17(19)7-8-22(25)24(18,2)14-11-21(16)27;1-2-3-4/h16-22,27H,5-15H2,1-4H3;4H,2-3H2,1H3. The highest BCUT2D eigenvalue weighted by molar-refractivity contribution is 5.77. The molecule has 0 amide bonds. The van der Waals surface area contributed by atoms with Crippen molar-refractivity contribution in [2.45, 2.75) is 111 Å². The Bertz CT molecular complexity index is 706. The first kappa shape index (κ1) is 25.5. The van der Waals surface area contributed by atoms with Gasteiger partial charge in [-0.05, 0) is 117 Å². The maximum Gasteiger partial charge on any atom is 0.312 e. The number of esters is 1. The van der Waals surface area contributed by atoms with Gasteiger partial charge in [-0.25, -0.2) is 0 Å². The molecular formula is C29H50O4. The van der Waals surface area contributed by atoms with Gasteiger partial charge in [0.1, 0.15) is 0 Å². The minimum absolute atomic E-state index is 0.0940. The number of hydrogen-bond acceptors (Lipinski definition) is 4. The van der Waals surface area contributed by atoms with E-state index in [4.69, 9.17) is 9.84 Å². The summed E-state index contributed by atoms with van der Waals surface area (Å²) in [5.41, 5.74) is 0.647. The number of rotatable bonds is 2. The van der Waals surface area contributed by atoms with Crippen molar-refractivity contribution < 1.29 is 19.7 Å². The van der Waals surface area contributed by atoms with E-state index >= 15 is 0 Å². The zero-order valence-electron chi connectivity index (χ0n) is 21.9. The van der Waals surface area contributed by atoms with Crippen LogP contribution in [0.3, 0.4) is 0 Å². The first-order chi connectivity index (χ1) is 15.7. The Morgan fingerprint density at radius 1 is 0.909 bits per heavy atom. The molecule has 0 aliphatic heterocycles. The zero-order valence-corrected chi connectivity index (χ0v) is 21.9. The fourth-order valence-corrected chi connectivity index (χ4v) is 10.4. The highest BCUT2D eigenvalue weighted by Gasteiger charge is 2.66. The van der Waals surface area contributed by atoms with E-state index in [0.717, 1.165) is 43.4 Å². The maximum absolute atomic E-state index is 12.9. The summed E-state index contributed by atoms with van der Waals surface area (Å²) in [4.78, 5) is 12.9. The average molecular weight is 463 g/mol. The molecule has 4 heteroatoms. The van der Waals surface area contributed by atoms with Gasteiger partial charge < -0.3 is 14.9 Å². The van der Waals surface area contributed by atoms with Crippen molar-refractivity contribution in [2.75, 3.05) is 13.7 Å². The van der Waals surface area contributed by atoms with Crippen LogP contribution in [0, 0.1) is 51.8 Å². The van der Waals surface area contributed by atoms with Crippen LogP contribution in [0.4, 0.5) is 0 Å². The molecule has 0 saturated heterocycles. The molecule has 5 aliphatic carbocycles. The van der Waals surface area contributed by atoms with Crippen LogP contribution in [-0.2, 0) is 9.53 Å². The van der Waals surface area contributed by atoms with Crippen LogP contribution in [0.1, 0.15) is 105 Å². The largest absolute Gasteiger partial charge is 0.469 e. The van der Waals surface area contributed by atoms with E-state index < -0.39 is 0 Å². The lowest BCUT2D eigenvalue weighted by Crippen LogP contribution is -2.61. The van der Waals surface area contributed by atoms with Crippen molar-refractivity contribution in [1.29, 1.82) is 0 Å². The number of aliphatic hydroxyl groups excluding tert-OH is 2. The summed E-state index contributed by atoms with van der Waals surface area (Å²) in [7, 11) is 1.59. The summed E-state index contributed by atoms with van der Waals surface area (Å²) in [5, 5.41) is 18.4. The van der Waals surface area contributed by atoms with Crippen LogP contribution in [0.15, 0.2) is 0 Å². The van der Waals surface area contributed by atoms with Crippen LogP contribution >= 0.6 is 0 Å². The molecule has 10 atom stereocenters. The Balaban J connectivity index is 0.000000601. The lowest BCUT2D eigenvalue weighted by molar-refractivity contribution is -0.200. The number of hydrogen-bond donors (Lipinski definition) is 2. The molecule has 0 heterocycles. The third kappa shape index (κ3) is 3.81. The van der Waals surface area contributed by atoms with Gasteiger partial charge in [0, 0.05) is 6.61 Å². The smallest absolute Gasteiger partial charge is 0.312 e. The molecule has 33 heavy (non-hydrogen) atoms. The molecule has 5 rings (SSSR count). The van der Waals surface area contributed by atoms with Crippen molar-refractivity contribution in [2.24, 2.45) is 51.8 Å². The van der Waals surface area contributed by atoms with Crippen LogP contribution in [0.2, 0.25) is 0 Å². The summed E-state index contributed by atoms with van der Waals surface area (Å²) in [6.45, 7) is 9.77. The summed E-state index contributed by atoms with van der Waals surface area (Å²) < 4.78 is 5.35. The van der Waals surface area contributed by atoms with E-state index in [1.54, 1.807) is 7.11 Å². The quantitative estimate of drug-likeness (QED) is 0.495. The minimum atomic E-state index is -0.163. The molecular weight excluding hydrogens is 412 g/mol. The normalized spacial score (nSPS) is 50.6. The van der Waals surface area contributed by atoms with Gasteiger partial charge in [-0.1, -0.05) is 34.1 Å². The van der Waals surface area contributed by atoms with E-state index in [0.29, 0.717) is 35.2 Å². The minimum Gasteiger partial charge on any atom is -0.469 e. The van der Waals surface area contributed by atoms with Gasteiger partial charge in [0.15, 0.2) is 0 Å². The first-order valence-electron chi connectivity index (χ1n) is 14.1. The molecule has 0 spiro atoms. The third-order valence-electron chi connectivity index (χ3n) is 11.9. The van der Waals surface area contributed by atoms with Crippen molar-refractivity contribution in [3.8, 4) is 0 Å². The number of carbonyl (C=O) groups excluding carboxylic acids is 1. The molecule has 5 fully saturated rings. The van der Waals surface area contributed by atoms with E-state index in [1.165, 1.54) is 51.4 Å². The number of aliphatic hydroxyl groups is 2. The lowest BCUT2D eigenvalue weighted by atomic mass is 9.37. The fraction of sp³-hybridized carbons (Fsp3) is 0.966. The Kier molecular flexibility index (Phi) is 7.30. The molecule has 190 valence electrons. The van der Waals surface area contributed by atoms with Crippen LogP contribution in [0.25, 0.3) is 0 Å². The summed E-state index contributed by atoms with van der Waals surface area (Å²) >= 11 is 0. The SMILES string of the molecule is CCCO.COC(=O)C12CCCC1C1CCC3C4(C)CCC(O)C(C)C4CCC3(C)C1CC2. The van der Waals surface area contributed by atoms with E-state index in [2.05, 4.69) is 20.8 Å². The fourth-order valence-electron chi connectivity index (χ4n) is 10.4. The van der Waals surface area contributed by atoms with E-state index in [1.807, 2.05) is 6.92 Å². The van der Waals surface area contributed by atoms with Crippen molar-refractivity contribution in [1.82, 2.24) is 0 Å². The van der Waals surface area contributed by atoms with Gasteiger partial charge in [0.2, 0.25) is 0 Å². The lowest BCUT2D eigenvalue weighted by Gasteiger charge is -2.67. The first-order valence-corrected chi connectivity index (χ1v) is 14.1. The van der Waals surface area contributed by atoms with Gasteiger partial charge in [0.25, 0.3) is 0 Å². The van der Waals surface area contributed by atoms with Gasteiger partial charge in [-0.2, -0.15) is 0 Å². The molecule has 0 aromatic carbocycles. The summed E-state index contributed by atoms with van der Waals surface area (Å²) in [6.07, 6.45) is 14.0. The topological polar surface area (TPSA) is 66.8 Å². The molecule has 5 aliphatic rings. The molecule has 0 radical (unpaired) electrons. The second-order valence-electron chi connectivity index (χ2n) is 12.9. The Hall–Kier alpha value is -0.610. The predicted molar refractivity (Wildman–Crippen MR) is 131 cm³/mol.